The van der Waals surface area contributed by atoms with E-state index in [2.05, 4.69) is 41.1 Å². The largest absolute Gasteiger partial charge is 0.371 e. The zero-order chi connectivity index (χ0) is 22.2. The minimum atomic E-state index is -0.758. The van der Waals surface area contributed by atoms with Crippen LogP contribution in [0.15, 0.2) is 47.4 Å². The molecule has 162 valence electrons. The minimum Gasteiger partial charge on any atom is -0.371 e. The van der Waals surface area contributed by atoms with Crippen LogP contribution in [0.2, 0.25) is 5.31 Å². The Morgan fingerprint density at radius 2 is 1.81 bits per heavy atom. The Balaban J connectivity index is 1.69. The molecule has 0 aliphatic carbocycles. The van der Waals surface area contributed by atoms with Gasteiger partial charge in [0.2, 0.25) is 18.2 Å². The van der Waals surface area contributed by atoms with Crippen LogP contribution in [-0.2, 0) is 22.3 Å². The summed E-state index contributed by atoms with van der Waals surface area (Å²) in [5, 5.41) is -0.758. The summed E-state index contributed by atoms with van der Waals surface area (Å²) in [6.07, 6.45) is 3.79. The number of H-pyrrole nitrogens is 1. The minimum absolute atomic E-state index is 0.0215. The van der Waals surface area contributed by atoms with E-state index < -0.39 is 5.31 Å². The average molecular weight is 419 g/mol. The molecule has 0 radical (unpaired) electrons. The third-order valence-electron chi connectivity index (χ3n) is 6.99. The van der Waals surface area contributed by atoms with Gasteiger partial charge in [-0.2, -0.15) is 0 Å². The molecule has 0 unspecified atom stereocenters. The summed E-state index contributed by atoms with van der Waals surface area (Å²) in [5.74, 6) is 0.0737. The van der Waals surface area contributed by atoms with Gasteiger partial charge >= 0.3 is 0 Å². The van der Waals surface area contributed by atoms with E-state index in [0.29, 0.717) is 25.8 Å². The highest BCUT2D eigenvalue weighted by atomic mass is 16.2. The molecule has 2 aromatic rings. The molecule has 1 atom stereocenters. The van der Waals surface area contributed by atoms with Crippen LogP contribution < -0.4 is 10.5 Å². The van der Waals surface area contributed by atoms with Gasteiger partial charge in [0.1, 0.15) is 5.68 Å². The van der Waals surface area contributed by atoms with E-state index in [1.54, 1.807) is 17.2 Å². The maximum Gasteiger partial charge on any atom is 0.249 e. The fraction of sp³-hybridized carbons (Fsp3) is 0.458. The zero-order valence-corrected chi connectivity index (χ0v) is 18.6. The Hall–Kier alpha value is -2.83. The van der Waals surface area contributed by atoms with Crippen LogP contribution in [0.25, 0.3) is 0 Å². The first-order valence-corrected chi connectivity index (χ1v) is 11.2. The van der Waals surface area contributed by atoms with Gasteiger partial charge in [0.15, 0.2) is 0 Å². The van der Waals surface area contributed by atoms with Crippen molar-refractivity contribution in [2.75, 3.05) is 24.5 Å². The Kier molecular flexibility index (Phi) is 5.78. The Morgan fingerprint density at radius 3 is 2.45 bits per heavy atom. The maximum absolute atomic E-state index is 13.8. The van der Waals surface area contributed by atoms with E-state index in [1.165, 1.54) is 5.56 Å². The number of amides is 1. The summed E-state index contributed by atoms with van der Waals surface area (Å²) in [5.41, 5.74) is 3.13. The topological polar surface area (TPSA) is 73.5 Å². The first-order chi connectivity index (χ1) is 14.8. The molecule has 2 aliphatic heterocycles. The number of aryl methyl sites for hydroxylation is 1. The van der Waals surface area contributed by atoms with Crippen LogP contribution in [-0.4, -0.2) is 53.9 Å². The molecular weight excluding hydrogens is 389 g/mol. The van der Waals surface area contributed by atoms with Crippen LogP contribution in [0.1, 0.15) is 38.3 Å². The maximum atomic E-state index is 13.8. The number of aromatic amines is 1. The number of rotatable bonds is 5. The zero-order valence-electron chi connectivity index (χ0n) is 18.6. The highest BCUT2D eigenvalue weighted by molar-refractivity contribution is 6.95. The van der Waals surface area contributed by atoms with Crippen LogP contribution in [0, 0.1) is 0 Å². The van der Waals surface area contributed by atoms with Crippen molar-refractivity contribution in [3.8, 4) is 0 Å². The number of nitrogens with zero attached hydrogens (tertiary/aromatic N) is 2. The monoisotopic (exact) mass is 419 g/mol. The van der Waals surface area contributed by atoms with Crippen LogP contribution in [0.4, 0.5) is 5.69 Å². The number of hydrogen-bond donors (Lipinski definition) is 1. The lowest BCUT2D eigenvalue weighted by Crippen LogP contribution is -2.62. The number of anilines is 1. The normalized spacial score (nSPS) is 21.6. The van der Waals surface area contributed by atoms with Crippen molar-refractivity contribution < 1.29 is 9.59 Å². The van der Waals surface area contributed by atoms with Crippen molar-refractivity contribution in [3.63, 3.8) is 0 Å². The second-order valence-corrected chi connectivity index (χ2v) is 9.16. The van der Waals surface area contributed by atoms with Gasteiger partial charge in [0, 0.05) is 37.1 Å². The van der Waals surface area contributed by atoms with E-state index in [0.717, 1.165) is 17.7 Å². The quantitative estimate of drug-likeness (QED) is 0.756. The summed E-state index contributed by atoms with van der Waals surface area (Å²) in [7, 11) is 0. The number of pyridine rings is 1. The Labute approximate surface area is 183 Å². The van der Waals surface area contributed by atoms with Crippen molar-refractivity contribution in [3.05, 3.63) is 64.1 Å². The van der Waals surface area contributed by atoms with Gasteiger partial charge in [-0.3, -0.25) is 9.59 Å². The summed E-state index contributed by atoms with van der Waals surface area (Å²) in [6.45, 7) is 6.99. The highest BCUT2D eigenvalue weighted by Crippen LogP contribution is 2.47. The Morgan fingerprint density at radius 1 is 1.10 bits per heavy atom. The summed E-state index contributed by atoms with van der Waals surface area (Å²) in [4.78, 5) is 45.4. The molecule has 1 spiro atoms. The number of benzene rings is 1. The van der Waals surface area contributed by atoms with Crippen LogP contribution >= 0.6 is 0 Å². The first kappa shape index (κ1) is 21.4. The molecule has 1 N–H and O–H groups in total. The van der Waals surface area contributed by atoms with Gasteiger partial charge in [-0.05, 0) is 44.6 Å². The average Bonchev–Trinajstić information content (AvgIpc) is 3.20. The van der Waals surface area contributed by atoms with E-state index in [9.17, 15) is 14.4 Å². The van der Waals surface area contributed by atoms with Crippen molar-refractivity contribution in [1.82, 2.24) is 9.88 Å². The molecule has 0 bridgehead atoms. The summed E-state index contributed by atoms with van der Waals surface area (Å²) >= 11 is 0. The predicted molar refractivity (Wildman–Crippen MR) is 124 cm³/mol. The van der Waals surface area contributed by atoms with Crippen molar-refractivity contribution in [1.29, 1.82) is 0 Å². The van der Waals surface area contributed by atoms with Gasteiger partial charge in [0.05, 0.1) is 11.9 Å². The fourth-order valence-electron chi connectivity index (χ4n) is 5.11. The second-order valence-electron chi connectivity index (χ2n) is 9.16. The number of aromatic nitrogens is 1. The molecule has 7 heteroatoms. The fourth-order valence-corrected chi connectivity index (χ4v) is 5.11. The molecule has 4 rings (SSSR count). The molecule has 1 aromatic carbocycles. The number of hydrogen-bond acceptors (Lipinski definition) is 4. The third-order valence-corrected chi connectivity index (χ3v) is 6.99. The van der Waals surface area contributed by atoms with Gasteiger partial charge in [0.25, 0.3) is 0 Å². The molecule has 1 amide bonds. The number of carbonyl (C=O) groups is 2. The van der Waals surface area contributed by atoms with Crippen molar-refractivity contribution in [2.24, 2.45) is 0 Å². The van der Waals surface area contributed by atoms with Gasteiger partial charge in [-0.15, -0.1) is 0 Å². The molecular formula is C24H30BN3O3. The predicted octanol–water partition coefficient (Wildman–Crippen LogP) is 2.52. The SMILES string of the molecule is CCc1ccc(CB2C(=O)CN(C(C)C)C(=O)[C@@]23CCN(c2cc[nH]c(=O)c2)C3)cc1. The molecule has 0 saturated carbocycles. The van der Waals surface area contributed by atoms with Crippen molar-refractivity contribution in [2.45, 2.75) is 51.3 Å². The van der Waals surface area contributed by atoms with E-state index in [-0.39, 0.29) is 36.4 Å². The lowest BCUT2D eigenvalue weighted by atomic mass is 9.26. The summed E-state index contributed by atoms with van der Waals surface area (Å²) in [6, 6.07) is 11.8. The summed E-state index contributed by atoms with van der Waals surface area (Å²) < 4.78 is 0. The second kappa shape index (κ2) is 8.37. The lowest BCUT2D eigenvalue weighted by molar-refractivity contribution is -0.140. The van der Waals surface area contributed by atoms with E-state index in [1.807, 2.05) is 19.9 Å². The third kappa shape index (κ3) is 3.93. The molecule has 2 fully saturated rings. The van der Waals surface area contributed by atoms with Gasteiger partial charge in [-0.1, -0.05) is 36.8 Å². The van der Waals surface area contributed by atoms with E-state index >= 15 is 0 Å². The van der Waals surface area contributed by atoms with Gasteiger partial charge < -0.3 is 19.6 Å². The molecule has 6 nitrogen and oxygen atoms in total. The molecule has 31 heavy (non-hydrogen) atoms. The molecule has 3 heterocycles. The number of nitrogens with one attached hydrogen (secondary N) is 1. The lowest BCUT2D eigenvalue weighted by Gasteiger charge is -2.44. The van der Waals surface area contributed by atoms with Gasteiger partial charge in [-0.25, -0.2) is 0 Å². The van der Waals surface area contributed by atoms with Crippen LogP contribution in [0.3, 0.4) is 0 Å². The van der Waals surface area contributed by atoms with Crippen molar-refractivity contribution >= 4 is 24.0 Å². The Bertz CT molecular complexity index is 1030. The first-order valence-electron chi connectivity index (χ1n) is 11.2. The molecule has 2 aliphatic rings. The smallest absolute Gasteiger partial charge is 0.249 e. The molecule has 1 aromatic heterocycles. The number of carbonyl (C=O) groups excluding carboxylic acids is 2. The molecule has 2 saturated heterocycles. The highest BCUT2D eigenvalue weighted by Gasteiger charge is 2.59. The van der Waals surface area contributed by atoms with E-state index in [4.69, 9.17) is 0 Å². The standard InChI is InChI=1S/C24H30BN3O3/c1-4-18-5-7-19(8-6-18)14-25-21(29)15-28(17(2)3)23(31)24(25)10-12-27(16-24)20-9-11-26-22(30)13-20/h5-9,11,13,17H,4,10,12,14-16H2,1-3H3,(H,26,30)/t24-/m0/s1. The van der Waals surface area contributed by atoms with Crippen LogP contribution in [0.5, 0.6) is 0 Å².